The first-order valence-corrected chi connectivity index (χ1v) is 6.08. The number of nitro groups is 1. The maximum atomic E-state index is 11.8. The zero-order chi connectivity index (χ0) is 15.2. The zero-order valence-corrected chi connectivity index (χ0v) is 11.2. The van der Waals surface area contributed by atoms with Gasteiger partial charge in [-0.25, -0.2) is 5.43 Å². The van der Waals surface area contributed by atoms with Crippen molar-refractivity contribution in [3.8, 4) is 0 Å². The van der Waals surface area contributed by atoms with E-state index in [4.69, 9.17) is 0 Å². The lowest BCUT2D eigenvalue weighted by atomic mass is 10.1. The fraction of sp³-hybridized carbons (Fsp3) is 0.0714. The highest BCUT2D eigenvalue weighted by Crippen LogP contribution is 2.12. The van der Waals surface area contributed by atoms with E-state index in [0.29, 0.717) is 11.3 Å². The molecule has 7 nitrogen and oxygen atoms in total. The molecule has 0 aliphatic rings. The number of carbonyl (C=O) groups excluding carboxylic acids is 1. The summed E-state index contributed by atoms with van der Waals surface area (Å²) in [5, 5.41) is 14.5. The predicted molar refractivity (Wildman–Crippen MR) is 77.0 cm³/mol. The van der Waals surface area contributed by atoms with Crippen molar-refractivity contribution >= 4 is 17.3 Å². The van der Waals surface area contributed by atoms with Gasteiger partial charge in [0.2, 0.25) is 0 Å². The Morgan fingerprint density at radius 1 is 1.24 bits per heavy atom. The number of hydrogen-bond acceptors (Lipinski definition) is 5. The molecule has 0 saturated heterocycles. The van der Waals surface area contributed by atoms with Crippen LogP contribution < -0.4 is 5.43 Å². The molecular formula is C14H12N4O3. The van der Waals surface area contributed by atoms with Gasteiger partial charge in [-0.2, -0.15) is 5.10 Å². The average molecular weight is 284 g/mol. The van der Waals surface area contributed by atoms with Crippen molar-refractivity contribution < 1.29 is 9.72 Å². The number of nitrogens with zero attached hydrogens (tertiary/aromatic N) is 3. The van der Waals surface area contributed by atoms with Gasteiger partial charge in [0.15, 0.2) is 0 Å². The fourth-order valence-corrected chi connectivity index (χ4v) is 1.58. The molecule has 0 aliphatic heterocycles. The number of amides is 1. The minimum absolute atomic E-state index is 0.00377. The van der Waals surface area contributed by atoms with Gasteiger partial charge in [-0.05, 0) is 36.8 Å². The summed E-state index contributed by atoms with van der Waals surface area (Å²) >= 11 is 0. The van der Waals surface area contributed by atoms with E-state index >= 15 is 0 Å². The molecule has 0 unspecified atom stereocenters. The van der Waals surface area contributed by atoms with Crippen molar-refractivity contribution in [1.29, 1.82) is 0 Å². The molecule has 1 N–H and O–H groups in total. The monoisotopic (exact) mass is 284 g/mol. The van der Waals surface area contributed by atoms with Crippen LogP contribution >= 0.6 is 0 Å². The minimum Gasteiger partial charge on any atom is -0.266 e. The molecule has 0 bridgehead atoms. The highest BCUT2D eigenvalue weighted by atomic mass is 16.6. The number of benzene rings is 1. The summed E-state index contributed by atoms with van der Waals surface area (Å²) in [6, 6.07) is 10.9. The average Bonchev–Trinajstić information content (AvgIpc) is 2.53. The molecule has 7 heteroatoms. The maximum absolute atomic E-state index is 11.8. The molecule has 106 valence electrons. The summed E-state index contributed by atoms with van der Waals surface area (Å²) in [7, 11) is 0. The largest absolute Gasteiger partial charge is 0.289 e. The van der Waals surface area contributed by atoms with Crippen LogP contribution in [0.3, 0.4) is 0 Å². The standard InChI is InChI=1S/C14H12N4O3/c1-10(11-5-7-12(8-6-11)18(20)21)16-17-14(19)13-4-2-3-9-15-13/h2-9H,1H3,(H,17,19). The Morgan fingerprint density at radius 3 is 2.52 bits per heavy atom. The van der Waals surface area contributed by atoms with Crippen LogP contribution in [0, 0.1) is 10.1 Å². The van der Waals surface area contributed by atoms with Crippen molar-refractivity contribution in [2.24, 2.45) is 5.10 Å². The van der Waals surface area contributed by atoms with E-state index in [-0.39, 0.29) is 11.4 Å². The molecule has 0 spiro atoms. The lowest BCUT2D eigenvalue weighted by Crippen LogP contribution is -2.20. The van der Waals surface area contributed by atoms with Gasteiger partial charge in [-0.1, -0.05) is 6.07 Å². The smallest absolute Gasteiger partial charge is 0.266 e. The fourth-order valence-electron chi connectivity index (χ4n) is 1.58. The summed E-state index contributed by atoms with van der Waals surface area (Å²) in [5.74, 6) is -0.420. The van der Waals surface area contributed by atoms with Crippen LogP contribution in [0.2, 0.25) is 0 Å². The first-order chi connectivity index (χ1) is 10.1. The molecule has 0 aliphatic carbocycles. The molecule has 1 heterocycles. The molecule has 0 radical (unpaired) electrons. The van der Waals surface area contributed by atoms with Crippen molar-refractivity contribution in [2.45, 2.75) is 6.92 Å². The Hall–Kier alpha value is -3.09. The molecule has 1 aromatic heterocycles. The Balaban J connectivity index is 2.07. The maximum Gasteiger partial charge on any atom is 0.289 e. The summed E-state index contributed by atoms with van der Waals surface area (Å²) in [5.41, 5.74) is 3.87. The number of aromatic nitrogens is 1. The summed E-state index contributed by atoms with van der Waals surface area (Å²) in [6.45, 7) is 1.69. The molecular weight excluding hydrogens is 272 g/mol. The Labute approximate surface area is 120 Å². The van der Waals surface area contributed by atoms with Gasteiger partial charge in [0, 0.05) is 18.3 Å². The number of nitro benzene ring substituents is 1. The second-order valence-corrected chi connectivity index (χ2v) is 4.16. The molecule has 1 aromatic carbocycles. The zero-order valence-electron chi connectivity index (χ0n) is 11.2. The van der Waals surface area contributed by atoms with Crippen molar-refractivity contribution in [3.05, 3.63) is 70.0 Å². The molecule has 0 fully saturated rings. The second-order valence-electron chi connectivity index (χ2n) is 4.16. The van der Waals surface area contributed by atoms with E-state index < -0.39 is 10.8 Å². The third kappa shape index (κ3) is 3.69. The lowest BCUT2D eigenvalue weighted by molar-refractivity contribution is -0.384. The number of rotatable bonds is 4. The third-order valence-corrected chi connectivity index (χ3v) is 2.72. The molecule has 21 heavy (non-hydrogen) atoms. The Morgan fingerprint density at radius 2 is 1.95 bits per heavy atom. The first kappa shape index (κ1) is 14.3. The summed E-state index contributed by atoms with van der Waals surface area (Å²) < 4.78 is 0. The van der Waals surface area contributed by atoms with E-state index in [0.717, 1.165) is 0 Å². The highest BCUT2D eigenvalue weighted by Gasteiger charge is 2.07. The SMILES string of the molecule is CC(=NNC(=O)c1ccccn1)c1ccc([N+](=O)[O-])cc1. The Bertz CT molecular complexity index is 681. The van der Waals surface area contributed by atoms with E-state index in [1.807, 2.05) is 0 Å². The minimum atomic E-state index is -0.473. The van der Waals surface area contributed by atoms with Crippen LogP contribution in [0.25, 0.3) is 0 Å². The number of carbonyl (C=O) groups is 1. The molecule has 1 amide bonds. The topological polar surface area (TPSA) is 97.5 Å². The molecule has 2 aromatic rings. The third-order valence-electron chi connectivity index (χ3n) is 2.72. The second kappa shape index (κ2) is 6.38. The molecule has 2 rings (SSSR count). The van der Waals surface area contributed by atoms with Gasteiger partial charge >= 0.3 is 0 Å². The van der Waals surface area contributed by atoms with Crippen LogP contribution in [0.15, 0.2) is 53.8 Å². The van der Waals surface area contributed by atoms with E-state index in [1.54, 1.807) is 37.3 Å². The summed E-state index contributed by atoms with van der Waals surface area (Å²) in [4.78, 5) is 25.8. The predicted octanol–water partition coefficient (Wildman–Crippen LogP) is 2.14. The van der Waals surface area contributed by atoms with Gasteiger partial charge in [0.25, 0.3) is 11.6 Å². The van der Waals surface area contributed by atoms with Gasteiger partial charge in [-0.3, -0.25) is 19.9 Å². The number of nitrogens with one attached hydrogen (secondary N) is 1. The van der Waals surface area contributed by atoms with E-state index in [9.17, 15) is 14.9 Å². The van der Waals surface area contributed by atoms with Gasteiger partial charge < -0.3 is 0 Å². The van der Waals surface area contributed by atoms with Gasteiger partial charge in [0.05, 0.1) is 10.6 Å². The quantitative estimate of drug-likeness (QED) is 0.528. The molecule has 0 atom stereocenters. The van der Waals surface area contributed by atoms with Crippen LogP contribution in [0.4, 0.5) is 5.69 Å². The van der Waals surface area contributed by atoms with Crippen molar-refractivity contribution in [2.75, 3.05) is 0 Å². The van der Waals surface area contributed by atoms with E-state index in [1.165, 1.54) is 18.3 Å². The Kier molecular flexibility index (Phi) is 4.35. The highest BCUT2D eigenvalue weighted by molar-refractivity contribution is 6.00. The van der Waals surface area contributed by atoms with Crippen molar-refractivity contribution in [1.82, 2.24) is 10.4 Å². The van der Waals surface area contributed by atoms with E-state index in [2.05, 4.69) is 15.5 Å². The summed E-state index contributed by atoms with van der Waals surface area (Å²) in [6.07, 6.45) is 1.52. The van der Waals surface area contributed by atoms with Crippen LogP contribution in [0.1, 0.15) is 23.0 Å². The van der Waals surface area contributed by atoms with Crippen molar-refractivity contribution in [3.63, 3.8) is 0 Å². The number of non-ortho nitro benzene ring substituents is 1. The van der Waals surface area contributed by atoms with Gasteiger partial charge in [0.1, 0.15) is 5.69 Å². The van der Waals surface area contributed by atoms with Gasteiger partial charge in [-0.15, -0.1) is 0 Å². The normalized spacial score (nSPS) is 11.0. The number of pyridine rings is 1. The van der Waals surface area contributed by atoms with Crippen LogP contribution in [-0.4, -0.2) is 21.5 Å². The van der Waals surface area contributed by atoms with Crippen LogP contribution in [-0.2, 0) is 0 Å². The number of hydrazone groups is 1. The lowest BCUT2D eigenvalue weighted by Gasteiger charge is -2.02. The first-order valence-electron chi connectivity index (χ1n) is 6.08. The molecule has 0 saturated carbocycles. The number of hydrogen-bond donors (Lipinski definition) is 1. The van der Waals surface area contributed by atoms with Crippen LogP contribution in [0.5, 0.6) is 0 Å².